The lowest BCUT2D eigenvalue weighted by molar-refractivity contribution is 0.166. The Morgan fingerprint density at radius 1 is 1.13 bits per heavy atom. The van der Waals surface area contributed by atoms with Gasteiger partial charge < -0.3 is 9.84 Å². The van der Waals surface area contributed by atoms with Crippen LogP contribution < -0.4 is 4.74 Å². The van der Waals surface area contributed by atoms with Crippen LogP contribution in [0.3, 0.4) is 0 Å². The third kappa shape index (κ3) is 7.18. The molecule has 0 saturated carbocycles. The van der Waals surface area contributed by atoms with Crippen LogP contribution in [0.2, 0.25) is 0 Å². The fraction of sp³-hybridized carbons (Fsp3) is 0.364. The van der Waals surface area contributed by atoms with Gasteiger partial charge >= 0.3 is 0 Å². The first kappa shape index (κ1) is 28.6. The van der Waals surface area contributed by atoms with Crippen LogP contribution in [0.25, 0.3) is 0 Å². The van der Waals surface area contributed by atoms with Gasteiger partial charge in [0.25, 0.3) is 0 Å². The molecule has 0 saturated heterocycles. The van der Waals surface area contributed by atoms with Gasteiger partial charge in [-0.2, -0.15) is 0 Å². The fourth-order valence-corrected chi connectivity index (χ4v) is 5.01. The molecule has 2 aromatic rings. The van der Waals surface area contributed by atoms with Crippen molar-refractivity contribution in [1.82, 2.24) is 0 Å². The number of allylic oxidation sites excluding steroid dienone is 5. The van der Waals surface area contributed by atoms with E-state index in [2.05, 4.69) is 11.6 Å². The largest absolute Gasteiger partial charge is 0.493 e. The van der Waals surface area contributed by atoms with Gasteiger partial charge in [0.1, 0.15) is 17.4 Å². The molecular weight excluding hydrogens is 499 g/mol. The first-order valence-corrected chi connectivity index (χ1v) is 13.7. The van der Waals surface area contributed by atoms with Crippen LogP contribution in [0, 0.1) is 5.82 Å². The monoisotopic (exact) mass is 535 g/mol. The Morgan fingerprint density at radius 2 is 1.92 bits per heavy atom. The van der Waals surface area contributed by atoms with E-state index in [4.69, 9.17) is 4.74 Å². The van der Waals surface area contributed by atoms with Crippen LogP contribution in [0.15, 0.2) is 95.6 Å². The number of hydrogen-bond acceptors (Lipinski definition) is 3. The Bertz CT molecular complexity index is 1260. The van der Waals surface area contributed by atoms with Gasteiger partial charge in [0.05, 0.1) is 18.8 Å². The SMILES string of the molecule is C=CCCOc1ccc(C2C=NC(/C=C/C3=CCC(c4ccc(C(O)CCC)cc4)C(F)=C3F)CC2)c(F)c1. The lowest BCUT2D eigenvalue weighted by atomic mass is 9.87. The summed E-state index contributed by atoms with van der Waals surface area (Å²) >= 11 is 0. The normalized spacial score (nSPS) is 22.2. The molecule has 0 bridgehead atoms. The highest BCUT2D eigenvalue weighted by atomic mass is 19.2. The second kappa shape index (κ2) is 13.6. The number of aliphatic imine (C=N–C) groups is 1. The highest BCUT2D eigenvalue weighted by Gasteiger charge is 2.26. The van der Waals surface area contributed by atoms with E-state index in [1.807, 2.05) is 6.92 Å². The van der Waals surface area contributed by atoms with E-state index in [-0.39, 0.29) is 23.4 Å². The maximum Gasteiger partial charge on any atom is 0.162 e. The Balaban J connectivity index is 1.36. The third-order valence-corrected chi connectivity index (χ3v) is 7.32. The van der Waals surface area contributed by atoms with Gasteiger partial charge in [0.15, 0.2) is 5.83 Å². The summed E-state index contributed by atoms with van der Waals surface area (Å²) in [5.41, 5.74) is 2.25. The summed E-state index contributed by atoms with van der Waals surface area (Å²) in [6.07, 6.45) is 12.0. The van der Waals surface area contributed by atoms with Crippen molar-refractivity contribution in [3.05, 3.63) is 113 Å². The lowest BCUT2D eigenvalue weighted by Crippen LogP contribution is -2.15. The predicted molar refractivity (Wildman–Crippen MR) is 151 cm³/mol. The molecule has 0 amide bonds. The molecule has 1 N–H and O–H groups in total. The van der Waals surface area contributed by atoms with Crippen molar-refractivity contribution >= 4 is 6.21 Å². The van der Waals surface area contributed by atoms with Gasteiger partial charge in [-0.3, -0.25) is 4.99 Å². The molecule has 0 radical (unpaired) electrons. The zero-order valence-corrected chi connectivity index (χ0v) is 22.3. The smallest absolute Gasteiger partial charge is 0.162 e. The maximum atomic E-state index is 15.0. The van der Waals surface area contributed by atoms with Gasteiger partial charge in [-0.05, 0) is 54.9 Å². The summed E-state index contributed by atoms with van der Waals surface area (Å²) < 4.78 is 50.2. The van der Waals surface area contributed by atoms with Crippen molar-refractivity contribution < 1.29 is 23.0 Å². The number of rotatable bonds is 11. The first-order chi connectivity index (χ1) is 18.9. The molecular formula is C33H36F3NO2. The minimum Gasteiger partial charge on any atom is -0.493 e. The summed E-state index contributed by atoms with van der Waals surface area (Å²) in [6.45, 7) is 6.10. The zero-order chi connectivity index (χ0) is 27.8. The van der Waals surface area contributed by atoms with Gasteiger partial charge in [-0.1, -0.05) is 68.0 Å². The molecule has 1 heterocycles. The Labute approximate surface area is 229 Å². The number of nitrogens with zero attached hydrogens (tertiary/aromatic N) is 1. The average Bonchev–Trinajstić information content (AvgIpc) is 2.95. The van der Waals surface area contributed by atoms with Crippen LogP contribution in [-0.2, 0) is 0 Å². The summed E-state index contributed by atoms with van der Waals surface area (Å²) in [5.74, 6) is -2.30. The molecule has 39 heavy (non-hydrogen) atoms. The number of aliphatic hydroxyl groups excluding tert-OH is 1. The summed E-state index contributed by atoms with van der Waals surface area (Å²) in [4.78, 5) is 4.54. The van der Waals surface area contributed by atoms with E-state index in [9.17, 15) is 13.9 Å². The van der Waals surface area contributed by atoms with Gasteiger partial charge in [-0.25, -0.2) is 13.2 Å². The third-order valence-electron chi connectivity index (χ3n) is 7.32. The highest BCUT2D eigenvalue weighted by molar-refractivity contribution is 5.69. The number of aliphatic hydroxyl groups is 1. The molecule has 0 spiro atoms. The molecule has 4 unspecified atom stereocenters. The fourth-order valence-electron chi connectivity index (χ4n) is 5.01. The van der Waals surface area contributed by atoms with Crippen LogP contribution in [-0.4, -0.2) is 24.0 Å². The van der Waals surface area contributed by atoms with Crippen molar-refractivity contribution in [1.29, 1.82) is 0 Å². The molecule has 2 aromatic carbocycles. The zero-order valence-electron chi connectivity index (χ0n) is 22.3. The summed E-state index contributed by atoms with van der Waals surface area (Å²) in [7, 11) is 0. The van der Waals surface area contributed by atoms with Crippen LogP contribution >= 0.6 is 0 Å². The van der Waals surface area contributed by atoms with Gasteiger partial charge in [0.2, 0.25) is 0 Å². The number of hydrogen-bond donors (Lipinski definition) is 1. The lowest BCUT2D eigenvalue weighted by Gasteiger charge is -2.22. The first-order valence-electron chi connectivity index (χ1n) is 13.7. The minimum atomic E-state index is -0.854. The standard InChI is InChI=1S/C33H36F3NO2/c1-3-5-19-39-27-16-18-28(30(34)20-27)25-12-15-26(37-21-25)14-11-24-13-17-29(33(36)32(24)35)22-7-9-23(10-8-22)31(38)6-4-2/h3,7-11,13-14,16,18,20-21,25-26,29,31,38H,1,4-6,12,15,17,19H2,2H3/b14-11+. The topological polar surface area (TPSA) is 41.8 Å². The van der Waals surface area contributed by atoms with Crippen molar-refractivity contribution in [2.45, 2.75) is 69.4 Å². The van der Waals surface area contributed by atoms with Crippen LogP contribution in [0.1, 0.15) is 80.1 Å². The molecule has 3 nitrogen and oxygen atoms in total. The van der Waals surface area contributed by atoms with Crippen molar-refractivity contribution in [2.75, 3.05) is 6.61 Å². The molecule has 4 rings (SSSR count). The van der Waals surface area contributed by atoms with Crippen molar-refractivity contribution in [3.8, 4) is 5.75 Å². The molecule has 0 fully saturated rings. The van der Waals surface area contributed by atoms with E-state index in [1.54, 1.807) is 66.9 Å². The Morgan fingerprint density at radius 3 is 2.59 bits per heavy atom. The second-order valence-electron chi connectivity index (χ2n) is 10.1. The Hall–Kier alpha value is -3.38. The second-order valence-corrected chi connectivity index (χ2v) is 10.1. The van der Waals surface area contributed by atoms with Crippen molar-refractivity contribution in [2.24, 2.45) is 4.99 Å². The molecule has 6 heteroatoms. The summed E-state index contributed by atoms with van der Waals surface area (Å²) in [6, 6.07) is 11.8. The predicted octanol–water partition coefficient (Wildman–Crippen LogP) is 8.75. The average molecular weight is 536 g/mol. The minimum absolute atomic E-state index is 0.143. The number of benzene rings is 2. The number of halogens is 3. The van der Waals surface area contributed by atoms with E-state index < -0.39 is 23.7 Å². The molecule has 0 aromatic heterocycles. The highest BCUT2D eigenvalue weighted by Crippen LogP contribution is 2.39. The van der Waals surface area contributed by atoms with Crippen molar-refractivity contribution in [3.63, 3.8) is 0 Å². The van der Waals surface area contributed by atoms with E-state index in [1.165, 1.54) is 6.07 Å². The van der Waals surface area contributed by atoms with Gasteiger partial charge in [-0.15, -0.1) is 6.58 Å². The van der Waals surface area contributed by atoms with E-state index in [0.717, 1.165) is 12.0 Å². The molecule has 4 atom stereocenters. The molecule has 206 valence electrons. The summed E-state index contributed by atoms with van der Waals surface area (Å²) in [5, 5.41) is 10.2. The van der Waals surface area contributed by atoms with E-state index in [0.29, 0.717) is 55.6 Å². The number of ether oxygens (including phenoxy) is 1. The van der Waals surface area contributed by atoms with Crippen LogP contribution in [0.5, 0.6) is 5.75 Å². The Kier molecular flexibility index (Phi) is 9.99. The van der Waals surface area contributed by atoms with Crippen LogP contribution in [0.4, 0.5) is 13.2 Å². The van der Waals surface area contributed by atoms with E-state index >= 15 is 4.39 Å². The molecule has 2 aliphatic rings. The van der Waals surface area contributed by atoms with Gasteiger partial charge in [0, 0.05) is 29.7 Å². The molecule has 1 aliphatic heterocycles. The quantitative estimate of drug-likeness (QED) is 0.231. The molecule has 1 aliphatic carbocycles. The maximum absolute atomic E-state index is 15.0.